The van der Waals surface area contributed by atoms with E-state index in [-0.39, 0.29) is 12.1 Å². The largest absolute Gasteiger partial charge is 0.393 e. The van der Waals surface area contributed by atoms with E-state index in [0.29, 0.717) is 19.0 Å². The summed E-state index contributed by atoms with van der Waals surface area (Å²) in [5.41, 5.74) is 1.93. The van der Waals surface area contributed by atoms with Crippen LogP contribution in [0.4, 0.5) is 4.79 Å². The Hall–Kier alpha value is -2.34. The Morgan fingerprint density at radius 2 is 2.09 bits per heavy atom. The molecule has 0 radical (unpaired) electrons. The molecule has 1 aliphatic carbocycles. The zero-order valence-corrected chi connectivity index (χ0v) is 13.0. The van der Waals surface area contributed by atoms with Crippen molar-refractivity contribution < 1.29 is 9.90 Å². The van der Waals surface area contributed by atoms with Gasteiger partial charge in [0.2, 0.25) is 0 Å². The fourth-order valence-corrected chi connectivity index (χ4v) is 2.89. The molecule has 3 N–H and O–H groups in total. The van der Waals surface area contributed by atoms with Gasteiger partial charge in [0.1, 0.15) is 0 Å². The molecule has 0 saturated heterocycles. The average molecular weight is 314 g/mol. The molecule has 3 rings (SSSR count). The van der Waals surface area contributed by atoms with Gasteiger partial charge < -0.3 is 15.7 Å². The summed E-state index contributed by atoms with van der Waals surface area (Å²) in [4.78, 5) is 11.8. The summed E-state index contributed by atoms with van der Waals surface area (Å²) in [7, 11) is 0. The van der Waals surface area contributed by atoms with Crippen LogP contribution < -0.4 is 10.6 Å². The minimum atomic E-state index is -0.200. The third-order valence-electron chi connectivity index (χ3n) is 4.17. The quantitative estimate of drug-likeness (QED) is 0.788. The van der Waals surface area contributed by atoms with Crippen LogP contribution in [0, 0.1) is 5.92 Å². The number of para-hydroxylation sites is 1. The molecule has 1 aromatic carbocycles. The van der Waals surface area contributed by atoms with Gasteiger partial charge in [-0.2, -0.15) is 5.10 Å². The van der Waals surface area contributed by atoms with Gasteiger partial charge in [-0.25, -0.2) is 9.48 Å². The molecular formula is C17H22N4O2. The Labute approximate surface area is 135 Å². The van der Waals surface area contributed by atoms with Crippen LogP contribution in [0.2, 0.25) is 0 Å². The third kappa shape index (κ3) is 4.32. The zero-order valence-electron chi connectivity index (χ0n) is 13.0. The maximum absolute atomic E-state index is 11.8. The maximum Gasteiger partial charge on any atom is 0.315 e. The molecule has 6 nitrogen and oxygen atoms in total. The molecule has 23 heavy (non-hydrogen) atoms. The molecule has 1 aliphatic rings. The first-order valence-corrected chi connectivity index (χ1v) is 7.99. The number of aromatic nitrogens is 2. The van der Waals surface area contributed by atoms with Crippen LogP contribution >= 0.6 is 0 Å². The van der Waals surface area contributed by atoms with E-state index in [9.17, 15) is 9.90 Å². The van der Waals surface area contributed by atoms with Crippen LogP contribution in [-0.4, -0.2) is 33.6 Å². The molecular weight excluding hydrogens is 292 g/mol. The lowest BCUT2D eigenvalue weighted by atomic mass is 10.1. The number of nitrogens with zero attached hydrogens (tertiary/aromatic N) is 2. The minimum absolute atomic E-state index is 0.182. The molecule has 6 heteroatoms. The summed E-state index contributed by atoms with van der Waals surface area (Å²) in [6, 6.07) is 9.66. The number of amides is 2. The second kappa shape index (κ2) is 7.28. The highest BCUT2D eigenvalue weighted by Crippen LogP contribution is 2.24. The van der Waals surface area contributed by atoms with Gasteiger partial charge in [0.25, 0.3) is 0 Å². The Balaban J connectivity index is 1.43. The van der Waals surface area contributed by atoms with Crippen LogP contribution in [0.1, 0.15) is 24.8 Å². The highest BCUT2D eigenvalue weighted by atomic mass is 16.3. The van der Waals surface area contributed by atoms with Crippen molar-refractivity contribution in [2.24, 2.45) is 5.92 Å². The molecule has 1 heterocycles. The molecule has 0 bridgehead atoms. The summed E-state index contributed by atoms with van der Waals surface area (Å²) < 4.78 is 1.79. The number of urea groups is 1. The molecule has 0 spiro atoms. The number of aliphatic hydroxyl groups excluding tert-OH is 1. The van der Waals surface area contributed by atoms with Crippen LogP contribution in [0.3, 0.4) is 0 Å². The molecule has 1 aromatic heterocycles. The zero-order chi connectivity index (χ0) is 16.1. The highest BCUT2D eigenvalue weighted by Gasteiger charge is 2.22. The number of hydrogen-bond acceptors (Lipinski definition) is 3. The van der Waals surface area contributed by atoms with Crippen molar-refractivity contribution in [1.82, 2.24) is 20.4 Å². The van der Waals surface area contributed by atoms with Gasteiger partial charge >= 0.3 is 6.03 Å². The lowest BCUT2D eigenvalue weighted by Gasteiger charge is -2.11. The summed E-state index contributed by atoms with van der Waals surface area (Å²) in [6.07, 6.45) is 6.06. The Morgan fingerprint density at radius 1 is 1.26 bits per heavy atom. The first-order chi connectivity index (χ1) is 11.2. The number of aliphatic hydroxyl groups is 1. The molecule has 2 aromatic rings. The lowest BCUT2D eigenvalue weighted by molar-refractivity contribution is 0.177. The smallest absolute Gasteiger partial charge is 0.315 e. The number of carbonyl (C=O) groups excluding carboxylic acids is 1. The number of benzene rings is 1. The minimum Gasteiger partial charge on any atom is -0.393 e. The van der Waals surface area contributed by atoms with Crippen molar-refractivity contribution in [1.29, 1.82) is 0 Å². The lowest BCUT2D eigenvalue weighted by Crippen LogP contribution is -2.37. The van der Waals surface area contributed by atoms with Crippen LogP contribution in [-0.2, 0) is 6.54 Å². The van der Waals surface area contributed by atoms with E-state index < -0.39 is 0 Å². The molecule has 0 aliphatic heterocycles. The predicted molar refractivity (Wildman–Crippen MR) is 87.2 cm³/mol. The number of rotatable bonds is 5. The second-order valence-corrected chi connectivity index (χ2v) is 6.03. The standard InChI is InChI=1S/C17H22N4O2/c22-16-7-6-13(8-16)9-18-17(23)19-10-14-11-20-21(12-14)15-4-2-1-3-5-15/h1-5,11-13,16,22H,6-10H2,(H2,18,19,23)/t13-,16-/m1/s1. The Morgan fingerprint density at radius 3 is 2.83 bits per heavy atom. The number of nitrogens with one attached hydrogen (secondary N) is 2. The summed E-state index contributed by atoms with van der Waals surface area (Å²) in [6.45, 7) is 1.05. The molecule has 1 fully saturated rings. The molecule has 122 valence electrons. The topological polar surface area (TPSA) is 79.2 Å². The van der Waals surface area contributed by atoms with Gasteiger partial charge in [-0.05, 0) is 37.3 Å². The van der Waals surface area contributed by atoms with Gasteiger partial charge in [0.15, 0.2) is 0 Å². The van der Waals surface area contributed by atoms with Crippen molar-refractivity contribution in [2.45, 2.75) is 31.9 Å². The van der Waals surface area contributed by atoms with E-state index in [4.69, 9.17) is 0 Å². The molecule has 0 unspecified atom stereocenters. The van der Waals surface area contributed by atoms with Crippen LogP contribution in [0.5, 0.6) is 0 Å². The van der Waals surface area contributed by atoms with Crippen molar-refractivity contribution in [3.05, 3.63) is 48.3 Å². The van der Waals surface area contributed by atoms with Gasteiger partial charge in [-0.3, -0.25) is 0 Å². The van der Waals surface area contributed by atoms with E-state index >= 15 is 0 Å². The Kier molecular flexibility index (Phi) is 4.92. The first kappa shape index (κ1) is 15.6. The normalized spacial score (nSPS) is 20.4. The summed E-state index contributed by atoms with van der Waals surface area (Å²) in [5.74, 6) is 0.386. The van der Waals surface area contributed by atoms with E-state index in [0.717, 1.165) is 30.5 Å². The van der Waals surface area contributed by atoms with Crippen LogP contribution in [0.15, 0.2) is 42.7 Å². The van der Waals surface area contributed by atoms with Crippen LogP contribution in [0.25, 0.3) is 5.69 Å². The van der Waals surface area contributed by atoms with E-state index in [1.165, 1.54) is 0 Å². The van der Waals surface area contributed by atoms with Gasteiger partial charge in [-0.1, -0.05) is 18.2 Å². The molecule has 2 amide bonds. The Bertz CT molecular complexity index is 641. The predicted octanol–water partition coefficient (Wildman–Crippen LogP) is 1.83. The SMILES string of the molecule is O=C(NCc1cnn(-c2ccccc2)c1)NC[C@@H]1CC[C@@H](O)C1. The third-order valence-corrected chi connectivity index (χ3v) is 4.17. The first-order valence-electron chi connectivity index (χ1n) is 7.99. The average Bonchev–Trinajstić information content (AvgIpc) is 3.21. The fourth-order valence-electron chi connectivity index (χ4n) is 2.89. The van der Waals surface area contributed by atoms with Gasteiger partial charge in [-0.15, -0.1) is 0 Å². The highest BCUT2D eigenvalue weighted by molar-refractivity contribution is 5.73. The maximum atomic E-state index is 11.8. The van der Waals surface area contributed by atoms with E-state index in [1.54, 1.807) is 10.9 Å². The van der Waals surface area contributed by atoms with Gasteiger partial charge in [0.05, 0.1) is 18.0 Å². The van der Waals surface area contributed by atoms with Gasteiger partial charge in [0, 0.05) is 24.8 Å². The number of carbonyl (C=O) groups is 1. The van der Waals surface area contributed by atoms with Crippen molar-refractivity contribution in [3.63, 3.8) is 0 Å². The van der Waals surface area contributed by atoms with Crippen molar-refractivity contribution in [3.8, 4) is 5.69 Å². The summed E-state index contributed by atoms with van der Waals surface area (Å²) >= 11 is 0. The van der Waals surface area contributed by atoms with Crippen molar-refractivity contribution in [2.75, 3.05) is 6.54 Å². The fraction of sp³-hybridized carbons (Fsp3) is 0.412. The number of hydrogen-bond donors (Lipinski definition) is 3. The second-order valence-electron chi connectivity index (χ2n) is 6.03. The molecule has 1 saturated carbocycles. The monoisotopic (exact) mass is 314 g/mol. The van der Waals surface area contributed by atoms with Crippen molar-refractivity contribution >= 4 is 6.03 Å². The summed E-state index contributed by atoms with van der Waals surface area (Å²) in [5, 5.41) is 19.5. The van der Waals surface area contributed by atoms with E-state index in [2.05, 4.69) is 15.7 Å². The van der Waals surface area contributed by atoms with E-state index in [1.807, 2.05) is 36.5 Å². The molecule has 2 atom stereocenters.